The van der Waals surface area contributed by atoms with E-state index in [9.17, 15) is 24.6 Å². The number of carboxylic acid groups (broad SMARTS) is 1. The number of carbonyl (C=O) groups excluding carboxylic acids is 3. The van der Waals surface area contributed by atoms with E-state index in [1.54, 1.807) is 20.8 Å². The Hall–Kier alpha value is -0.540. The van der Waals surface area contributed by atoms with E-state index < -0.39 is 35.9 Å². The molecule has 1 N–H and O–H groups in total. The van der Waals surface area contributed by atoms with Crippen LogP contribution < -0.4 is 34.7 Å². The molecule has 4 atom stereocenters. The van der Waals surface area contributed by atoms with E-state index >= 15 is 0 Å². The minimum Gasteiger partial charge on any atom is -0.543 e. The first-order valence-electron chi connectivity index (χ1n) is 7.45. The van der Waals surface area contributed by atoms with E-state index in [2.05, 4.69) is 0 Å². The Balaban J connectivity index is 0.00000288. The number of aliphatic carboxylic acids is 1. The number of hydrogen-bond acceptors (Lipinski definition) is 7. The molecule has 0 spiro atoms. The molecule has 2 aliphatic heterocycles. The number of hydrogen-bond donors (Lipinski definition) is 1. The van der Waals surface area contributed by atoms with Crippen molar-refractivity contribution >= 4 is 29.6 Å². The Kier molecular flexibility index (Phi) is 7.37. The van der Waals surface area contributed by atoms with E-state index in [4.69, 9.17) is 4.74 Å². The van der Waals surface area contributed by atoms with Gasteiger partial charge in [0, 0.05) is 10.8 Å². The van der Waals surface area contributed by atoms with Gasteiger partial charge in [-0.2, -0.15) is 0 Å². The summed E-state index contributed by atoms with van der Waals surface area (Å²) in [6, 6.07) is -0.404. The summed E-state index contributed by atoms with van der Waals surface area (Å²) in [5.41, 5.74) is -0.188. The Morgan fingerprint density at radius 3 is 2.42 bits per heavy atom. The average molecular weight is 365 g/mol. The van der Waals surface area contributed by atoms with Crippen LogP contribution in [0.3, 0.4) is 0 Å². The van der Waals surface area contributed by atoms with Gasteiger partial charge in [-0.15, -0.1) is 11.8 Å². The number of carboxylic acids is 1. The maximum Gasteiger partial charge on any atom is 1.00 e. The van der Waals surface area contributed by atoms with Crippen molar-refractivity contribution in [3.05, 3.63) is 10.6 Å². The Bertz CT molecular complexity index is 576. The molecule has 0 unspecified atom stereocenters. The van der Waals surface area contributed by atoms with Crippen LogP contribution in [-0.4, -0.2) is 51.9 Å². The second kappa shape index (κ2) is 8.23. The molecule has 128 valence electrons. The van der Waals surface area contributed by atoms with Gasteiger partial charge in [-0.05, 0) is 20.8 Å². The van der Waals surface area contributed by atoms with E-state index in [1.807, 2.05) is 0 Å². The summed E-state index contributed by atoms with van der Waals surface area (Å²) in [4.78, 5) is 36.8. The molecule has 0 aliphatic carbocycles. The van der Waals surface area contributed by atoms with E-state index in [0.29, 0.717) is 4.91 Å². The molecule has 0 aromatic heterocycles. The third-order valence-electron chi connectivity index (χ3n) is 4.01. The minimum atomic E-state index is -1.45. The van der Waals surface area contributed by atoms with Crippen molar-refractivity contribution in [2.24, 2.45) is 11.8 Å². The zero-order valence-electron chi connectivity index (χ0n) is 14.4. The molecular formula is C15H20NNaO6S. The van der Waals surface area contributed by atoms with Crippen molar-refractivity contribution in [1.29, 1.82) is 0 Å². The van der Waals surface area contributed by atoms with Gasteiger partial charge < -0.3 is 24.6 Å². The molecule has 0 radical (unpaired) electrons. The summed E-state index contributed by atoms with van der Waals surface area (Å²) < 4.78 is 5.02. The van der Waals surface area contributed by atoms with Crippen LogP contribution in [0.5, 0.6) is 0 Å². The molecule has 1 amide bonds. The van der Waals surface area contributed by atoms with Crippen LogP contribution in [0.15, 0.2) is 10.6 Å². The molecule has 7 nitrogen and oxygen atoms in total. The second-order valence-electron chi connectivity index (χ2n) is 6.08. The first-order chi connectivity index (χ1) is 10.7. The van der Waals surface area contributed by atoms with Gasteiger partial charge in [-0.25, -0.2) is 0 Å². The number of ether oxygens (including phenoxy) is 1. The fraction of sp³-hybridized carbons (Fsp3) is 0.667. The normalized spacial score (nSPS) is 26.7. The molecule has 0 aromatic carbocycles. The van der Waals surface area contributed by atoms with Gasteiger partial charge in [0.25, 0.3) is 0 Å². The summed E-state index contributed by atoms with van der Waals surface area (Å²) in [5, 5.41) is 21.2. The summed E-state index contributed by atoms with van der Waals surface area (Å²) >= 11 is 1.05. The molecule has 9 heteroatoms. The molecule has 0 saturated carbocycles. The topological polar surface area (TPSA) is 107 Å². The molecule has 0 bridgehead atoms. The third-order valence-corrected chi connectivity index (χ3v) is 5.27. The number of aliphatic hydroxyl groups excluding tert-OH is 1. The van der Waals surface area contributed by atoms with Gasteiger partial charge in [0.1, 0.15) is 0 Å². The van der Waals surface area contributed by atoms with Crippen LogP contribution in [0.2, 0.25) is 0 Å². The molecule has 2 aliphatic rings. The smallest absolute Gasteiger partial charge is 0.543 e. The van der Waals surface area contributed by atoms with Crippen LogP contribution >= 0.6 is 11.8 Å². The van der Waals surface area contributed by atoms with Gasteiger partial charge >= 0.3 is 35.5 Å². The second-order valence-corrected chi connectivity index (χ2v) is 7.10. The monoisotopic (exact) mass is 365 g/mol. The number of esters is 1. The Labute approximate surface area is 167 Å². The van der Waals surface area contributed by atoms with E-state index in [1.165, 1.54) is 11.8 Å². The number of thioether (sulfide) groups is 1. The summed E-state index contributed by atoms with van der Waals surface area (Å²) in [6.07, 6.45) is -1.11. The van der Waals surface area contributed by atoms with Gasteiger partial charge in [0.05, 0.1) is 41.6 Å². The molecule has 1 fully saturated rings. The largest absolute Gasteiger partial charge is 1.00 e. The van der Waals surface area contributed by atoms with Crippen LogP contribution in [0, 0.1) is 11.8 Å². The van der Waals surface area contributed by atoms with E-state index in [0.717, 1.165) is 11.8 Å². The van der Waals surface area contributed by atoms with Crippen molar-refractivity contribution in [2.45, 2.75) is 45.9 Å². The van der Waals surface area contributed by atoms with Gasteiger partial charge in [0.15, 0.2) is 0 Å². The molecule has 0 aromatic rings. The quantitative estimate of drug-likeness (QED) is 0.296. The first-order valence-corrected chi connectivity index (χ1v) is 8.44. The van der Waals surface area contributed by atoms with Crippen LogP contribution in [-0.2, 0) is 19.1 Å². The number of amides is 1. The zero-order valence-corrected chi connectivity index (χ0v) is 17.3. The summed E-state index contributed by atoms with van der Waals surface area (Å²) in [6.45, 7) is 6.75. The summed E-state index contributed by atoms with van der Waals surface area (Å²) in [7, 11) is 0. The number of aliphatic hydroxyl groups is 1. The van der Waals surface area contributed by atoms with Crippen LogP contribution in [0.25, 0.3) is 0 Å². The molecular weight excluding hydrogens is 345 g/mol. The number of rotatable bonds is 6. The maximum atomic E-state index is 12.1. The number of β-lactam (4-membered cyclic amide) rings is 1. The predicted octanol–water partition coefficient (Wildman–Crippen LogP) is -3.51. The van der Waals surface area contributed by atoms with Crippen LogP contribution in [0.4, 0.5) is 0 Å². The Morgan fingerprint density at radius 2 is 1.96 bits per heavy atom. The van der Waals surface area contributed by atoms with Crippen molar-refractivity contribution in [2.75, 3.05) is 5.75 Å². The maximum absolute atomic E-state index is 12.1. The summed E-state index contributed by atoms with van der Waals surface area (Å²) in [5.74, 6) is -3.26. The fourth-order valence-electron chi connectivity index (χ4n) is 3.14. The number of nitrogens with zero attached hydrogens (tertiary/aromatic N) is 1. The molecule has 1 saturated heterocycles. The predicted molar refractivity (Wildman–Crippen MR) is 80.7 cm³/mol. The minimum absolute atomic E-state index is 0. The SMILES string of the molecule is CC(C)OC(=O)CSC1=C(C(=O)[O-])N2C(=O)[C@H]([C@@H](C)O)[C@H]2[C@H]1C.[Na+]. The third kappa shape index (κ3) is 3.83. The van der Waals surface area contributed by atoms with Gasteiger partial charge in [-0.3, -0.25) is 9.59 Å². The Morgan fingerprint density at radius 1 is 1.38 bits per heavy atom. The average Bonchev–Trinajstić information content (AvgIpc) is 2.65. The van der Waals surface area contributed by atoms with Gasteiger partial charge in [0.2, 0.25) is 5.91 Å². The standard InChI is InChI=1S/C15H21NO6S.Na/c1-6(2)22-9(18)5-23-13-7(3)11-10(8(4)17)14(19)16(11)12(13)15(20)21;/h6-8,10-11,17H,5H2,1-4H3,(H,20,21);/q;+1/p-1/t7-,8-,10-,11-;/m1./s1. The van der Waals surface area contributed by atoms with Crippen molar-refractivity contribution in [3.63, 3.8) is 0 Å². The molecule has 2 rings (SSSR count). The number of carbonyl (C=O) groups is 3. The van der Waals surface area contributed by atoms with Crippen molar-refractivity contribution in [3.8, 4) is 0 Å². The van der Waals surface area contributed by atoms with Crippen LogP contribution in [0.1, 0.15) is 27.7 Å². The van der Waals surface area contributed by atoms with E-state index in [-0.39, 0.29) is 53.0 Å². The van der Waals surface area contributed by atoms with Crippen molar-refractivity contribution in [1.82, 2.24) is 4.90 Å². The molecule has 2 heterocycles. The molecule has 24 heavy (non-hydrogen) atoms. The zero-order chi connectivity index (χ0) is 17.5. The fourth-order valence-corrected chi connectivity index (χ4v) is 4.20. The van der Waals surface area contributed by atoms with Crippen molar-refractivity contribution < 1.29 is 58.9 Å². The number of fused-ring (bicyclic) bond motifs is 1. The van der Waals surface area contributed by atoms with Gasteiger partial charge in [-0.1, -0.05) is 6.92 Å². The first kappa shape index (κ1) is 21.5.